The maximum Gasteiger partial charge on any atom is 0.245 e. The maximum atomic E-state index is 10.8. The molecule has 0 aliphatic carbocycles. The highest BCUT2D eigenvalue weighted by Crippen LogP contribution is 2.32. The Hall–Kier alpha value is -4.00. The summed E-state index contributed by atoms with van der Waals surface area (Å²) in [6.45, 7) is 8.82. The number of aromatic nitrogens is 3. The van der Waals surface area contributed by atoms with E-state index in [1.165, 1.54) is 12.4 Å². The van der Waals surface area contributed by atoms with E-state index < -0.39 is 0 Å². The van der Waals surface area contributed by atoms with Crippen molar-refractivity contribution in [3.05, 3.63) is 67.6 Å². The summed E-state index contributed by atoms with van der Waals surface area (Å²) in [6.07, 6.45) is 4.44. The number of amides is 1. The van der Waals surface area contributed by atoms with E-state index in [1.807, 2.05) is 44.2 Å². The Kier molecular flexibility index (Phi) is 6.77. The van der Waals surface area contributed by atoms with Crippen LogP contribution in [0.1, 0.15) is 13.8 Å². The quantitative estimate of drug-likeness (QED) is 0.485. The van der Waals surface area contributed by atoms with Gasteiger partial charge in [0, 0.05) is 24.8 Å². The lowest BCUT2D eigenvalue weighted by molar-refractivity contribution is -0.125. The number of carbonyl (C=O) groups excluding carboxylic acids is 1. The number of phenols is 1. The Balaban J connectivity index is 0.000000259. The van der Waals surface area contributed by atoms with Crippen LogP contribution in [0.3, 0.4) is 0 Å². The Morgan fingerprint density at radius 3 is 2.52 bits per heavy atom. The fraction of sp³-hybridized carbons (Fsp3) is 0.167. The summed E-state index contributed by atoms with van der Waals surface area (Å²) in [5.41, 5.74) is 8.15. The van der Waals surface area contributed by atoms with Crippen LogP contribution < -0.4 is 5.73 Å². The fourth-order valence-corrected chi connectivity index (χ4v) is 3.29. The van der Waals surface area contributed by atoms with Crippen LogP contribution in [-0.2, 0) is 4.79 Å². The van der Waals surface area contributed by atoms with Gasteiger partial charge in [0.2, 0.25) is 5.91 Å². The summed E-state index contributed by atoms with van der Waals surface area (Å²) in [4.78, 5) is 25.2. The first kappa shape index (κ1) is 21.7. The molecule has 7 heteroatoms. The van der Waals surface area contributed by atoms with Crippen LogP contribution in [0, 0.1) is 0 Å². The topological polar surface area (TPSA) is 105 Å². The number of anilines is 1. The normalized spacial score (nSPS) is 10.4. The molecular formula is C24H25N5O2. The van der Waals surface area contributed by atoms with Crippen LogP contribution in [0.4, 0.5) is 5.82 Å². The first-order valence-electron chi connectivity index (χ1n) is 9.98. The van der Waals surface area contributed by atoms with Crippen LogP contribution >= 0.6 is 0 Å². The van der Waals surface area contributed by atoms with Gasteiger partial charge in [0.1, 0.15) is 17.9 Å². The number of carbonyl (C=O) groups is 1. The molecule has 0 fully saturated rings. The third kappa shape index (κ3) is 4.78. The lowest BCUT2D eigenvalue weighted by Gasteiger charge is -2.15. The van der Waals surface area contributed by atoms with Crippen LogP contribution in [0.15, 0.2) is 67.6 Å². The second kappa shape index (κ2) is 9.67. The SMILES string of the molecule is C=CC(=O)N(CC)CC.Nc1ncnc2cc(-c3cc(O)cc4ccccc34)ncc12. The molecule has 0 spiro atoms. The van der Waals surface area contributed by atoms with Gasteiger partial charge in [0.05, 0.1) is 16.6 Å². The summed E-state index contributed by atoms with van der Waals surface area (Å²) < 4.78 is 0. The molecule has 4 aromatic rings. The number of benzene rings is 2. The summed E-state index contributed by atoms with van der Waals surface area (Å²) in [5.74, 6) is 0.627. The lowest BCUT2D eigenvalue weighted by atomic mass is 10.0. The highest BCUT2D eigenvalue weighted by Gasteiger charge is 2.09. The third-order valence-corrected chi connectivity index (χ3v) is 4.92. The third-order valence-electron chi connectivity index (χ3n) is 4.92. The van der Waals surface area contributed by atoms with E-state index in [4.69, 9.17) is 5.73 Å². The summed E-state index contributed by atoms with van der Waals surface area (Å²) in [5, 5.41) is 12.7. The number of nitrogen functional groups attached to an aromatic ring is 1. The molecule has 2 heterocycles. The number of nitrogens with zero attached hydrogens (tertiary/aromatic N) is 4. The Morgan fingerprint density at radius 2 is 1.84 bits per heavy atom. The van der Waals surface area contributed by atoms with Crippen molar-refractivity contribution in [3.63, 3.8) is 0 Å². The van der Waals surface area contributed by atoms with Crippen molar-refractivity contribution >= 4 is 33.4 Å². The van der Waals surface area contributed by atoms with Crippen molar-refractivity contribution in [1.29, 1.82) is 0 Å². The molecule has 0 saturated heterocycles. The first-order valence-corrected chi connectivity index (χ1v) is 9.98. The van der Waals surface area contributed by atoms with E-state index in [1.54, 1.807) is 23.2 Å². The average Bonchev–Trinajstić information content (AvgIpc) is 2.79. The van der Waals surface area contributed by atoms with Crippen LogP contribution in [0.5, 0.6) is 5.75 Å². The van der Waals surface area contributed by atoms with E-state index in [2.05, 4.69) is 21.5 Å². The molecule has 0 saturated carbocycles. The van der Waals surface area contributed by atoms with Gasteiger partial charge >= 0.3 is 0 Å². The zero-order valence-corrected chi connectivity index (χ0v) is 17.6. The van der Waals surface area contributed by atoms with E-state index in [0.29, 0.717) is 5.82 Å². The number of rotatable bonds is 4. The van der Waals surface area contributed by atoms with Crippen LogP contribution in [-0.4, -0.2) is 44.0 Å². The molecule has 0 unspecified atom stereocenters. The number of nitrogens with two attached hydrogens (primary N) is 1. The van der Waals surface area contributed by atoms with Crippen molar-refractivity contribution in [2.45, 2.75) is 13.8 Å². The number of aromatic hydroxyl groups is 1. The van der Waals surface area contributed by atoms with E-state index >= 15 is 0 Å². The molecule has 4 rings (SSSR count). The molecule has 0 radical (unpaired) electrons. The minimum absolute atomic E-state index is 0.0139. The van der Waals surface area contributed by atoms with Gasteiger partial charge in [0.25, 0.3) is 0 Å². The zero-order chi connectivity index (χ0) is 22.4. The number of pyridine rings is 1. The van der Waals surface area contributed by atoms with Crippen molar-refractivity contribution in [2.24, 2.45) is 0 Å². The molecule has 0 atom stereocenters. The molecule has 7 nitrogen and oxygen atoms in total. The van der Waals surface area contributed by atoms with Gasteiger partial charge in [-0.05, 0) is 48.9 Å². The predicted octanol–water partition coefficient (Wildman–Crippen LogP) is 4.17. The minimum Gasteiger partial charge on any atom is -0.508 e. The Bertz CT molecular complexity index is 1240. The van der Waals surface area contributed by atoms with Crippen LogP contribution in [0.2, 0.25) is 0 Å². The number of fused-ring (bicyclic) bond motifs is 2. The second-order valence-corrected chi connectivity index (χ2v) is 6.77. The first-order chi connectivity index (χ1) is 15.0. The molecule has 0 aliphatic rings. The van der Waals surface area contributed by atoms with E-state index in [9.17, 15) is 9.90 Å². The molecule has 2 aromatic heterocycles. The van der Waals surface area contributed by atoms with Crippen molar-refractivity contribution in [3.8, 4) is 17.0 Å². The molecular weight excluding hydrogens is 390 g/mol. The lowest BCUT2D eigenvalue weighted by Crippen LogP contribution is -2.28. The Morgan fingerprint density at radius 1 is 1.10 bits per heavy atom. The number of phenolic OH excluding ortho intramolecular Hbond substituents is 1. The van der Waals surface area contributed by atoms with Crippen LogP contribution in [0.25, 0.3) is 32.9 Å². The van der Waals surface area contributed by atoms with E-state index in [0.717, 1.165) is 46.0 Å². The summed E-state index contributed by atoms with van der Waals surface area (Å²) in [6, 6.07) is 13.2. The van der Waals surface area contributed by atoms with E-state index in [-0.39, 0.29) is 11.7 Å². The minimum atomic E-state index is 0.0139. The van der Waals surface area contributed by atoms with Gasteiger partial charge in [0.15, 0.2) is 0 Å². The van der Waals surface area contributed by atoms with Gasteiger partial charge in [-0.3, -0.25) is 9.78 Å². The highest BCUT2D eigenvalue weighted by molar-refractivity contribution is 5.99. The van der Waals surface area contributed by atoms with Gasteiger partial charge in [-0.25, -0.2) is 9.97 Å². The highest BCUT2D eigenvalue weighted by atomic mass is 16.3. The van der Waals surface area contributed by atoms with Crippen molar-refractivity contribution < 1.29 is 9.90 Å². The number of hydrogen-bond donors (Lipinski definition) is 2. The summed E-state index contributed by atoms with van der Waals surface area (Å²) >= 11 is 0. The number of likely N-dealkylation sites (N-methyl/N-ethyl adjacent to an activating group) is 1. The predicted molar refractivity (Wildman–Crippen MR) is 124 cm³/mol. The van der Waals surface area contributed by atoms with Gasteiger partial charge < -0.3 is 15.7 Å². The molecule has 158 valence electrons. The van der Waals surface area contributed by atoms with Gasteiger partial charge in [-0.15, -0.1) is 0 Å². The van der Waals surface area contributed by atoms with Gasteiger partial charge in [-0.2, -0.15) is 0 Å². The van der Waals surface area contributed by atoms with Crippen molar-refractivity contribution in [1.82, 2.24) is 19.9 Å². The maximum absolute atomic E-state index is 10.8. The second-order valence-electron chi connectivity index (χ2n) is 6.77. The molecule has 3 N–H and O–H groups in total. The van der Waals surface area contributed by atoms with Crippen molar-refractivity contribution in [2.75, 3.05) is 18.8 Å². The molecule has 0 aliphatic heterocycles. The zero-order valence-electron chi connectivity index (χ0n) is 17.6. The largest absolute Gasteiger partial charge is 0.508 e. The van der Waals surface area contributed by atoms with Gasteiger partial charge in [-0.1, -0.05) is 30.8 Å². The summed E-state index contributed by atoms with van der Waals surface area (Å²) in [7, 11) is 0. The fourth-order valence-electron chi connectivity index (χ4n) is 3.29. The molecule has 31 heavy (non-hydrogen) atoms. The average molecular weight is 415 g/mol. The standard InChI is InChI=1S/C17H12N4O.C7H13NO/c18-17-14-8-19-15(7-16(14)20-9-21-17)13-6-11(22)5-10-3-1-2-4-12(10)13;1-4-7(9)8(5-2)6-3/h1-9,22H,(H2,18,20,21);4H,1,5-6H2,2-3H3. The molecule has 1 amide bonds. The molecule has 2 aromatic carbocycles. The Labute approximate surface area is 180 Å². The number of hydrogen-bond acceptors (Lipinski definition) is 6. The smallest absolute Gasteiger partial charge is 0.245 e. The monoisotopic (exact) mass is 415 g/mol. The molecule has 0 bridgehead atoms.